The first-order valence-corrected chi connectivity index (χ1v) is 6.83. The number of fused-ring (bicyclic) bond motifs is 1. The van der Waals surface area contributed by atoms with E-state index in [0.29, 0.717) is 11.6 Å². The van der Waals surface area contributed by atoms with Gasteiger partial charge in [0.1, 0.15) is 5.75 Å². The molecule has 0 aliphatic carbocycles. The summed E-state index contributed by atoms with van der Waals surface area (Å²) in [7, 11) is 0. The van der Waals surface area contributed by atoms with Gasteiger partial charge in [0.05, 0.1) is 11.0 Å². The molecule has 3 rings (SSSR count). The maximum absolute atomic E-state index is 6.11. The van der Waals surface area contributed by atoms with E-state index < -0.39 is 0 Å². The van der Waals surface area contributed by atoms with E-state index in [2.05, 4.69) is 16.9 Å². The zero-order chi connectivity index (χ0) is 13.9. The van der Waals surface area contributed by atoms with E-state index in [0.717, 1.165) is 17.5 Å². The average Bonchev–Trinajstić information content (AvgIpc) is 2.49. The molecule has 1 aromatic heterocycles. The molecular weight excluding hydrogens is 272 g/mol. The van der Waals surface area contributed by atoms with Crippen LogP contribution in [0.4, 0.5) is 0 Å². The van der Waals surface area contributed by atoms with Gasteiger partial charge >= 0.3 is 0 Å². The van der Waals surface area contributed by atoms with Gasteiger partial charge in [-0.2, -0.15) is 0 Å². The molecule has 0 amide bonds. The van der Waals surface area contributed by atoms with Crippen molar-refractivity contribution in [1.82, 2.24) is 9.97 Å². The summed E-state index contributed by atoms with van der Waals surface area (Å²) in [6.45, 7) is 2.11. The molecule has 0 unspecified atom stereocenters. The fourth-order valence-corrected chi connectivity index (χ4v) is 2.10. The van der Waals surface area contributed by atoms with Gasteiger partial charge in [-0.1, -0.05) is 42.8 Å². The number of rotatable bonds is 3. The van der Waals surface area contributed by atoms with Crippen LogP contribution in [0.5, 0.6) is 11.6 Å². The van der Waals surface area contributed by atoms with Gasteiger partial charge < -0.3 is 4.74 Å². The molecule has 3 aromatic rings. The maximum Gasteiger partial charge on any atom is 0.258 e. The summed E-state index contributed by atoms with van der Waals surface area (Å²) in [5, 5.41) is 0.267. The third-order valence-electron chi connectivity index (χ3n) is 3.04. The van der Waals surface area contributed by atoms with Crippen molar-refractivity contribution in [3.63, 3.8) is 0 Å². The van der Waals surface area contributed by atoms with Gasteiger partial charge in [-0.3, -0.25) is 0 Å². The largest absolute Gasteiger partial charge is 0.436 e. The second-order valence-corrected chi connectivity index (χ2v) is 4.77. The Hall–Kier alpha value is -2.13. The van der Waals surface area contributed by atoms with E-state index in [4.69, 9.17) is 16.3 Å². The number of para-hydroxylation sites is 2. The highest BCUT2D eigenvalue weighted by Gasteiger charge is 2.08. The summed E-state index contributed by atoms with van der Waals surface area (Å²) in [6.07, 6.45) is 0.997. The molecule has 0 radical (unpaired) electrons. The van der Waals surface area contributed by atoms with Gasteiger partial charge in [-0.05, 0) is 36.2 Å². The molecule has 0 aliphatic heterocycles. The molecule has 0 spiro atoms. The van der Waals surface area contributed by atoms with Crippen LogP contribution in [0.15, 0.2) is 48.5 Å². The van der Waals surface area contributed by atoms with Crippen LogP contribution in [0.3, 0.4) is 0 Å². The Labute approximate surface area is 122 Å². The molecule has 0 aliphatic rings. The number of hydrogen-bond acceptors (Lipinski definition) is 3. The highest BCUT2D eigenvalue weighted by Crippen LogP contribution is 2.28. The predicted molar refractivity (Wildman–Crippen MR) is 80.4 cm³/mol. The number of nitrogens with zero attached hydrogens (tertiary/aromatic N) is 2. The Morgan fingerprint density at radius 1 is 0.950 bits per heavy atom. The number of aryl methyl sites for hydroxylation is 1. The van der Waals surface area contributed by atoms with Crippen molar-refractivity contribution in [2.75, 3.05) is 0 Å². The fraction of sp³-hybridized carbons (Fsp3) is 0.125. The number of ether oxygens (including phenoxy) is 1. The standard InChI is InChI=1S/C16H13ClN2O/c1-2-11-7-9-12(10-8-11)20-16-15(17)18-13-5-3-4-6-14(13)19-16/h3-10H,2H2,1H3. The van der Waals surface area contributed by atoms with E-state index in [9.17, 15) is 0 Å². The topological polar surface area (TPSA) is 35.0 Å². The van der Waals surface area contributed by atoms with Gasteiger partial charge in [-0.25, -0.2) is 9.97 Å². The van der Waals surface area contributed by atoms with Crippen LogP contribution in [0.2, 0.25) is 5.15 Å². The SMILES string of the molecule is CCc1ccc(Oc2nc3ccccc3nc2Cl)cc1. The van der Waals surface area contributed by atoms with Crippen molar-refractivity contribution in [3.05, 3.63) is 59.2 Å². The van der Waals surface area contributed by atoms with Gasteiger partial charge in [0.2, 0.25) is 0 Å². The van der Waals surface area contributed by atoms with Crippen molar-refractivity contribution in [2.45, 2.75) is 13.3 Å². The smallest absolute Gasteiger partial charge is 0.258 e. The minimum atomic E-state index is 0.267. The monoisotopic (exact) mass is 284 g/mol. The van der Waals surface area contributed by atoms with Crippen LogP contribution in [-0.4, -0.2) is 9.97 Å². The number of hydrogen-bond donors (Lipinski definition) is 0. The van der Waals surface area contributed by atoms with Crippen LogP contribution >= 0.6 is 11.6 Å². The average molecular weight is 285 g/mol. The molecule has 2 aromatic carbocycles. The summed E-state index contributed by atoms with van der Waals surface area (Å²) < 4.78 is 5.71. The van der Waals surface area contributed by atoms with Crippen LogP contribution in [-0.2, 0) is 6.42 Å². The lowest BCUT2D eigenvalue weighted by atomic mass is 10.2. The fourth-order valence-electron chi connectivity index (χ4n) is 1.93. The molecule has 100 valence electrons. The van der Waals surface area contributed by atoms with E-state index >= 15 is 0 Å². The minimum absolute atomic E-state index is 0.267. The number of halogens is 1. The Bertz CT molecular complexity index is 741. The summed E-state index contributed by atoms with van der Waals surface area (Å²) in [6, 6.07) is 15.4. The van der Waals surface area contributed by atoms with Crippen molar-refractivity contribution < 1.29 is 4.74 Å². The molecule has 0 saturated heterocycles. The molecule has 1 heterocycles. The molecule has 0 fully saturated rings. The lowest BCUT2D eigenvalue weighted by Crippen LogP contribution is -1.93. The van der Waals surface area contributed by atoms with E-state index in [1.807, 2.05) is 48.5 Å². The van der Waals surface area contributed by atoms with Gasteiger partial charge in [0, 0.05) is 0 Å². The summed E-state index contributed by atoms with van der Waals surface area (Å²) >= 11 is 6.11. The lowest BCUT2D eigenvalue weighted by Gasteiger charge is -2.07. The summed E-state index contributed by atoms with van der Waals surface area (Å²) in [4.78, 5) is 8.68. The van der Waals surface area contributed by atoms with Crippen molar-refractivity contribution in [3.8, 4) is 11.6 Å². The summed E-state index contributed by atoms with van der Waals surface area (Å²) in [5.74, 6) is 1.03. The Morgan fingerprint density at radius 3 is 2.25 bits per heavy atom. The third kappa shape index (κ3) is 2.58. The highest BCUT2D eigenvalue weighted by molar-refractivity contribution is 6.31. The first-order valence-electron chi connectivity index (χ1n) is 6.45. The van der Waals surface area contributed by atoms with Crippen LogP contribution in [0.25, 0.3) is 11.0 Å². The van der Waals surface area contributed by atoms with Crippen molar-refractivity contribution >= 4 is 22.6 Å². The number of aromatic nitrogens is 2. The molecule has 0 bridgehead atoms. The second kappa shape index (κ2) is 5.47. The molecule has 0 saturated carbocycles. The first-order chi connectivity index (χ1) is 9.76. The minimum Gasteiger partial charge on any atom is -0.436 e. The summed E-state index contributed by atoms with van der Waals surface area (Å²) in [5.41, 5.74) is 2.77. The Kier molecular flexibility index (Phi) is 3.52. The third-order valence-corrected chi connectivity index (χ3v) is 3.29. The Morgan fingerprint density at radius 2 is 1.60 bits per heavy atom. The van der Waals surface area contributed by atoms with Crippen LogP contribution in [0.1, 0.15) is 12.5 Å². The van der Waals surface area contributed by atoms with Crippen molar-refractivity contribution in [1.29, 1.82) is 0 Å². The van der Waals surface area contributed by atoms with Gasteiger partial charge in [-0.15, -0.1) is 0 Å². The van der Waals surface area contributed by atoms with E-state index in [1.165, 1.54) is 5.56 Å². The van der Waals surface area contributed by atoms with E-state index in [-0.39, 0.29) is 5.15 Å². The predicted octanol–water partition coefficient (Wildman–Crippen LogP) is 4.64. The Balaban J connectivity index is 1.94. The number of benzene rings is 2. The maximum atomic E-state index is 6.11. The van der Waals surface area contributed by atoms with Gasteiger partial charge in [0.25, 0.3) is 5.88 Å². The van der Waals surface area contributed by atoms with Crippen LogP contribution < -0.4 is 4.74 Å². The molecule has 0 atom stereocenters. The molecule has 3 nitrogen and oxygen atoms in total. The van der Waals surface area contributed by atoms with Crippen LogP contribution in [0, 0.1) is 0 Å². The van der Waals surface area contributed by atoms with Gasteiger partial charge in [0.15, 0.2) is 5.15 Å². The molecule has 4 heteroatoms. The normalized spacial score (nSPS) is 10.7. The lowest BCUT2D eigenvalue weighted by molar-refractivity contribution is 0.463. The zero-order valence-electron chi connectivity index (χ0n) is 11.0. The van der Waals surface area contributed by atoms with Crippen molar-refractivity contribution in [2.24, 2.45) is 0 Å². The first kappa shape index (κ1) is 12.9. The quantitative estimate of drug-likeness (QED) is 0.703. The molecular formula is C16H13ClN2O. The zero-order valence-corrected chi connectivity index (χ0v) is 11.8. The molecule has 0 N–H and O–H groups in total. The highest BCUT2D eigenvalue weighted by atomic mass is 35.5. The second-order valence-electron chi connectivity index (χ2n) is 4.41. The van der Waals surface area contributed by atoms with E-state index in [1.54, 1.807) is 0 Å². The molecule has 20 heavy (non-hydrogen) atoms.